The van der Waals surface area contributed by atoms with Crippen LogP contribution >= 0.6 is 11.8 Å². The Morgan fingerprint density at radius 2 is 2.27 bits per heavy atom. The fourth-order valence-corrected chi connectivity index (χ4v) is 2.84. The number of nitrogens with two attached hydrogens (primary N) is 1. The molecule has 1 fully saturated rings. The lowest BCUT2D eigenvalue weighted by Crippen LogP contribution is -2.54. The minimum absolute atomic E-state index is 0.257. The molecule has 1 amide bonds. The Morgan fingerprint density at radius 1 is 1.60 bits per heavy atom. The summed E-state index contributed by atoms with van der Waals surface area (Å²) in [5.41, 5.74) is 4.99. The van der Waals surface area contributed by atoms with Gasteiger partial charge in [-0.2, -0.15) is 11.8 Å². The van der Waals surface area contributed by atoms with Gasteiger partial charge in [0, 0.05) is 12.3 Å². The van der Waals surface area contributed by atoms with Crippen molar-refractivity contribution in [3.8, 4) is 0 Å². The molecule has 3 N–H and O–H groups in total. The molecule has 0 spiro atoms. The first-order chi connectivity index (χ1) is 6.87. The van der Waals surface area contributed by atoms with E-state index in [-0.39, 0.29) is 11.6 Å². The van der Waals surface area contributed by atoms with Crippen LogP contribution in [0, 0.1) is 0 Å². The molecule has 0 bridgehead atoms. The maximum Gasteiger partial charge on any atom is 0.408 e. The number of thioether (sulfide) groups is 1. The highest BCUT2D eigenvalue weighted by atomic mass is 32.2. The molecule has 1 heterocycles. The van der Waals surface area contributed by atoms with Crippen LogP contribution in [0.1, 0.15) is 27.2 Å². The van der Waals surface area contributed by atoms with Crippen LogP contribution in [-0.2, 0) is 4.74 Å². The molecule has 1 atom stereocenters. The predicted octanol–water partition coefficient (Wildman–Crippen LogP) is 1.35. The fraction of sp³-hybridized carbons (Fsp3) is 0.900. The van der Waals surface area contributed by atoms with Gasteiger partial charge >= 0.3 is 6.09 Å². The van der Waals surface area contributed by atoms with Crippen molar-refractivity contribution >= 4 is 17.9 Å². The Hall–Kier alpha value is -0.420. The molecule has 1 aliphatic heterocycles. The van der Waals surface area contributed by atoms with Gasteiger partial charge in [-0.1, -0.05) is 0 Å². The van der Waals surface area contributed by atoms with Crippen molar-refractivity contribution in [3.63, 3.8) is 0 Å². The maximum atomic E-state index is 11.6. The van der Waals surface area contributed by atoms with Gasteiger partial charge in [0.25, 0.3) is 0 Å². The van der Waals surface area contributed by atoms with Gasteiger partial charge < -0.3 is 15.8 Å². The molecule has 15 heavy (non-hydrogen) atoms. The number of rotatable bonds is 2. The lowest BCUT2D eigenvalue weighted by atomic mass is 10.00. The van der Waals surface area contributed by atoms with Gasteiger partial charge in [0.05, 0.1) is 5.54 Å². The molecule has 0 aromatic heterocycles. The van der Waals surface area contributed by atoms with Gasteiger partial charge in [-0.15, -0.1) is 0 Å². The molecule has 1 saturated heterocycles. The summed E-state index contributed by atoms with van der Waals surface area (Å²) in [6.07, 6.45) is 0.559. The molecule has 0 aromatic rings. The van der Waals surface area contributed by atoms with Crippen molar-refractivity contribution in [2.24, 2.45) is 5.73 Å². The highest BCUT2D eigenvalue weighted by molar-refractivity contribution is 7.99. The zero-order valence-electron chi connectivity index (χ0n) is 9.63. The van der Waals surface area contributed by atoms with Crippen LogP contribution in [-0.4, -0.2) is 35.3 Å². The normalized spacial score (nSPS) is 26.4. The molecule has 0 aliphatic carbocycles. The van der Waals surface area contributed by atoms with Crippen molar-refractivity contribution < 1.29 is 9.53 Å². The summed E-state index contributed by atoms with van der Waals surface area (Å²) >= 11 is 1.82. The number of alkyl carbamates (subject to hydrolysis) is 1. The van der Waals surface area contributed by atoms with Gasteiger partial charge in [0.1, 0.15) is 5.60 Å². The highest BCUT2D eigenvalue weighted by Gasteiger charge is 2.35. The first-order valence-corrected chi connectivity index (χ1v) is 6.31. The molecule has 0 saturated carbocycles. The Labute approximate surface area is 95.3 Å². The summed E-state index contributed by atoms with van der Waals surface area (Å²) in [5, 5.41) is 2.89. The fourth-order valence-electron chi connectivity index (χ4n) is 1.44. The van der Waals surface area contributed by atoms with E-state index in [1.165, 1.54) is 0 Å². The monoisotopic (exact) mass is 232 g/mol. The number of carbonyl (C=O) groups is 1. The summed E-state index contributed by atoms with van der Waals surface area (Å²) in [5.74, 6) is 1.93. The average molecular weight is 232 g/mol. The van der Waals surface area contributed by atoms with Crippen LogP contribution in [0.4, 0.5) is 4.79 Å². The zero-order valence-corrected chi connectivity index (χ0v) is 10.4. The SMILES string of the molecule is CC(C)(C)OC(=O)NC1(CN)CCSC1. The molecule has 0 aromatic carbocycles. The third-order valence-electron chi connectivity index (χ3n) is 2.26. The number of nitrogens with one attached hydrogen (secondary N) is 1. The minimum Gasteiger partial charge on any atom is -0.444 e. The third kappa shape index (κ3) is 3.91. The maximum absolute atomic E-state index is 11.6. The summed E-state index contributed by atoms with van der Waals surface area (Å²) in [7, 11) is 0. The van der Waals surface area contributed by atoms with Crippen LogP contribution in [0.5, 0.6) is 0 Å². The van der Waals surface area contributed by atoms with E-state index in [9.17, 15) is 4.79 Å². The molecule has 4 nitrogen and oxygen atoms in total. The van der Waals surface area contributed by atoms with Crippen LogP contribution in [0.15, 0.2) is 0 Å². The Kier molecular flexibility index (Phi) is 3.89. The number of hydrogen-bond acceptors (Lipinski definition) is 4. The highest BCUT2D eigenvalue weighted by Crippen LogP contribution is 2.27. The molecule has 0 radical (unpaired) electrons. The van der Waals surface area contributed by atoms with Crippen LogP contribution < -0.4 is 11.1 Å². The number of carbonyl (C=O) groups excluding carboxylic acids is 1. The lowest BCUT2D eigenvalue weighted by molar-refractivity contribution is 0.0470. The predicted molar refractivity (Wildman–Crippen MR) is 63.1 cm³/mol. The molecular weight excluding hydrogens is 212 g/mol. The molecule has 88 valence electrons. The number of ether oxygens (including phenoxy) is 1. The van der Waals surface area contributed by atoms with Crippen molar-refractivity contribution in [3.05, 3.63) is 0 Å². The smallest absolute Gasteiger partial charge is 0.408 e. The van der Waals surface area contributed by atoms with E-state index in [0.717, 1.165) is 17.9 Å². The van der Waals surface area contributed by atoms with Gasteiger partial charge in [0.2, 0.25) is 0 Å². The van der Waals surface area contributed by atoms with Gasteiger partial charge in [-0.3, -0.25) is 0 Å². The molecule has 1 aliphatic rings. The Morgan fingerprint density at radius 3 is 2.67 bits per heavy atom. The standard InChI is InChI=1S/C10H20N2O2S/c1-9(2,3)14-8(13)12-10(6-11)4-5-15-7-10/h4-7,11H2,1-3H3,(H,12,13). The summed E-state index contributed by atoms with van der Waals surface area (Å²) in [6.45, 7) is 6.03. The van der Waals surface area contributed by atoms with Crippen LogP contribution in [0.2, 0.25) is 0 Å². The van der Waals surface area contributed by atoms with Crippen molar-refractivity contribution in [1.29, 1.82) is 0 Å². The number of hydrogen-bond donors (Lipinski definition) is 2. The van der Waals surface area contributed by atoms with Gasteiger partial charge in [-0.05, 0) is 32.9 Å². The van der Waals surface area contributed by atoms with E-state index in [1.807, 2.05) is 32.5 Å². The molecule has 5 heteroatoms. The van der Waals surface area contributed by atoms with Gasteiger partial charge in [0.15, 0.2) is 0 Å². The van der Waals surface area contributed by atoms with Gasteiger partial charge in [-0.25, -0.2) is 4.79 Å². The van der Waals surface area contributed by atoms with Crippen LogP contribution in [0.25, 0.3) is 0 Å². The Bertz CT molecular complexity index is 232. The van der Waals surface area contributed by atoms with E-state index in [0.29, 0.717) is 6.54 Å². The van der Waals surface area contributed by atoms with Crippen molar-refractivity contribution in [2.75, 3.05) is 18.1 Å². The van der Waals surface area contributed by atoms with Crippen molar-refractivity contribution in [1.82, 2.24) is 5.32 Å². The summed E-state index contributed by atoms with van der Waals surface area (Å²) < 4.78 is 5.21. The second kappa shape index (κ2) is 4.61. The van der Waals surface area contributed by atoms with E-state index < -0.39 is 5.60 Å². The molecule has 1 rings (SSSR count). The summed E-state index contributed by atoms with van der Waals surface area (Å²) in [6, 6.07) is 0. The Balaban J connectivity index is 2.49. The molecular formula is C10H20N2O2S. The topological polar surface area (TPSA) is 64.3 Å². The average Bonchev–Trinajstić information content (AvgIpc) is 2.50. The summed E-state index contributed by atoms with van der Waals surface area (Å²) in [4.78, 5) is 11.6. The van der Waals surface area contributed by atoms with Crippen LogP contribution in [0.3, 0.4) is 0 Å². The minimum atomic E-state index is -0.453. The lowest BCUT2D eigenvalue weighted by Gasteiger charge is -2.29. The molecule has 1 unspecified atom stereocenters. The zero-order chi connectivity index (χ0) is 11.5. The first kappa shape index (κ1) is 12.6. The largest absolute Gasteiger partial charge is 0.444 e. The second-order valence-corrected chi connectivity index (χ2v) is 6.02. The second-order valence-electron chi connectivity index (χ2n) is 4.91. The van der Waals surface area contributed by atoms with E-state index >= 15 is 0 Å². The van der Waals surface area contributed by atoms with E-state index in [2.05, 4.69) is 5.32 Å². The first-order valence-electron chi connectivity index (χ1n) is 5.16. The van der Waals surface area contributed by atoms with E-state index in [4.69, 9.17) is 10.5 Å². The third-order valence-corrected chi connectivity index (χ3v) is 3.51. The number of amides is 1. The van der Waals surface area contributed by atoms with Crippen molar-refractivity contribution in [2.45, 2.75) is 38.3 Å². The quantitative estimate of drug-likeness (QED) is 0.754. The van der Waals surface area contributed by atoms with E-state index in [1.54, 1.807) is 0 Å².